The van der Waals surface area contributed by atoms with Gasteiger partial charge in [-0.15, -0.1) is 0 Å². The average molecular weight is 296 g/mol. The van der Waals surface area contributed by atoms with Crippen LogP contribution in [0.4, 0.5) is 0 Å². The maximum Gasteiger partial charge on any atom is 0.274 e. The van der Waals surface area contributed by atoms with E-state index in [4.69, 9.17) is 11.6 Å². The minimum absolute atomic E-state index is 0.0716. The van der Waals surface area contributed by atoms with E-state index in [2.05, 4.69) is 23.8 Å². The van der Waals surface area contributed by atoms with Crippen LogP contribution in [0.15, 0.2) is 6.20 Å². The fraction of sp³-hybridized carbons (Fsp3) is 0.667. The Morgan fingerprint density at radius 1 is 1.35 bits per heavy atom. The van der Waals surface area contributed by atoms with Crippen molar-refractivity contribution in [2.24, 2.45) is 11.8 Å². The molecule has 1 aromatic heterocycles. The number of carbonyl (C=O) groups excluding carboxylic acids is 1. The lowest BCUT2D eigenvalue weighted by molar-refractivity contribution is 0.0617. The molecule has 1 aliphatic heterocycles. The summed E-state index contributed by atoms with van der Waals surface area (Å²) in [5.74, 6) is 1.81. The van der Waals surface area contributed by atoms with Crippen LogP contribution in [0.3, 0.4) is 0 Å². The highest BCUT2D eigenvalue weighted by atomic mass is 35.5. The third-order valence-corrected chi connectivity index (χ3v) is 3.91. The molecule has 20 heavy (non-hydrogen) atoms. The number of carbonyl (C=O) groups is 1. The summed E-state index contributed by atoms with van der Waals surface area (Å²) in [6, 6.07) is 0. The van der Waals surface area contributed by atoms with Crippen LogP contribution in [0.25, 0.3) is 0 Å². The molecule has 1 amide bonds. The van der Waals surface area contributed by atoms with Crippen LogP contribution in [0.5, 0.6) is 0 Å². The third kappa shape index (κ3) is 3.29. The van der Waals surface area contributed by atoms with Crippen molar-refractivity contribution in [2.45, 2.75) is 40.0 Å². The molecule has 0 N–H and O–H groups in total. The number of likely N-dealkylation sites (tertiary alicyclic amines) is 1. The van der Waals surface area contributed by atoms with E-state index >= 15 is 0 Å². The van der Waals surface area contributed by atoms with E-state index in [9.17, 15) is 4.79 Å². The lowest BCUT2D eigenvalue weighted by Crippen LogP contribution is -2.43. The van der Waals surface area contributed by atoms with E-state index in [0.29, 0.717) is 28.4 Å². The maximum atomic E-state index is 12.6. The molecule has 0 aliphatic carbocycles. The average Bonchev–Trinajstić information content (AvgIpc) is 2.37. The SMILES string of the molecule is CC1CC(C)CN(C(=O)c2nc(C(C)C)ncc2Cl)C1. The Hall–Kier alpha value is -1.16. The molecule has 1 fully saturated rings. The number of nitrogens with zero attached hydrogens (tertiary/aromatic N) is 3. The molecule has 4 nitrogen and oxygen atoms in total. The summed E-state index contributed by atoms with van der Waals surface area (Å²) in [4.78, 5) is 23.1. The maximum absolute atomic E-state index is 12.6. The molecule has 0 bridgehead atoms. The number of piperidine rings is 1. The Morgan fingerprint density at radius 3 is 2.50 bits per heavy atom. The van der Waals surface area contributed by atoms with E-state index in [1.165, 1.54) is 12.6 Å². The van der Waals surface area contributed by atoms with Gasteiger partial charge in [0.2, 0.25) is 0 Å². The standard InChI is InChI=1S/C15H22ClN3O/c1-9(2)14-17-6-12(16)13(18-14)15(20)19-7-10(3)5-11(4)8-19/h6,9-11H,5,7-8H2,1-4H3. The van der Waals surface area contributed by atoms with Gasteiger partial charge in [-0.3, -0.25) is 4.79 Å². The van der Waals surface area contributed by atoms with Crippen LogP contribution in [0, 0.1) is 11.8 Å². The van der Waals surface area contributed by atoms with Crippen LogP contribution >= 0.6 is 11.6 Å². The lowest BCUT2D eigenvalue weighted by Gasteiger charge is -2.34. The summed E-state index contributed by atoms with van der Waals surface area (Å²) in [5, 5.41) is 0.338. The minimum atomic E-state index is -0.0716. The molecule has 5 heteroatoms. The van der Waals surface area contributed by atoms with Crippen molar-refractivity contribution in [1.82, 2.24) is 14.9 Å². The molecule has 2 atom stereocenters. The van der Waals surface area contributed by atoms with Crippen molar-refractivity contribution in [3.63, 3.8) is 0 Å². The fourth-order valence-corrected chi connectivity index (χ4v) is 2.96. The second-order valence-electron chi connectivity index (χ2n) is 6.24. The molecule has 2 heterocycles. The van der Waals surface area contributed by atoms with Crippen molar-refractivity contribution in [3.05, 3.63) is 22.7 Å². The van der Waals surface area contributed by atoms with Gasteiger partial charge < -0.3 is 4.90 Å². The predicted molar refractivity (Wildman–Crippen MR) is 80.0 cm³/mol. The van der Waals surface area contributed by atoms with Gasteiger partial charge in [0, 0.05) is 19.0 Å². The molecule has 110 valence electrons. The summed E-state index contributed by atoms with van der Waals surface area (Å²) < 4.78 is 0. The number of rotatable bonds is 2. The largest absolute Gasteiger partial charge is 0.337 e. The van der Waals surface area contributed by atoms with Crippen LogP contribution in [-0.2, 0) is 0 Å². The second-order valence-corrected chi connectivity index (χ2v) is 6.64. The van der Waals surface area contributed by atoms with E-state index in [1.807, 2.05) is 18.7 Å². The first-order valence-corrected chi connectivity index (χ1v) is 7.58. The molecule has 0 aromatic carbocycles. The van der Waals surface area contributed by atoms with Crippen molar-refractivity contribution in [3.8, 4) is 0 Å². The van der Waals surface area contributed by atoms with Gasteiger partial charge in [0.15, 0.2) is 5.69 Å². The predicted octanol–water partition coefficient (Wildman–Crippen LogP) is 3.37. The Kier molecular flexibility index (Phi) is 4.63. The van der Waals surface area contributed by atoms with E-state index in [0.717, 1.165) is 13.1 Å². The van der Waals surface area contributed by atoms with Crippen LogP contribution < -0.4 is 0 Å². The first-order valence-electron chi connectivity index (χ1n) is 7.20. The monoisotopic (exact) mass is 295 g/mol. The van der Waals surface area contributed by atoms with Crippen LogP contribution in [0.2, 0.25) is 5.02 Å². The van der Waals surface area contributed by atoms with Gasteiger partial charge in [0.25, 0.3) is 5.91 Å². The van der Waals surface area contributed by atoms with Crippen LogP contribution in [0.1, 0.15) is 56.3 Å². The second kappa shape index (κ2) is 6.08. The van der Waals surface area contributed by atoms with E-state index in [-0.39, 0.29) is 11.8 Å². The Balaban J connectivity index is 2.26. The molecule has 0 radical (unpaired) electrons. The molecule has 1 saturated heterocycles. The van der Waals surface area contributed by atoms with Gasteiger partial charge in [0.05, 0.1) is 11.2 Å². The first-order chi connectivity index (χ1) is 9.38. The quantitative estimate of drug-likeness (QED) is 0.840. The Labute approximate surface area is 125 Å². The number of halogens is 1. The minimum Gasteiger partial charge on any atom is -0.337 e. The zero-order valence-corrected chi connectivity index (χ0v) is 13.3. The van der Waals surface area contributed by atoms with Gasteiger partial charge in [-0.25, -0.2) is 9.97 Å². The van der Waals surface area contributed by atoms with Crippen molar-refractivity contribution >= 4 is 17.5 Å². The van der Waals surface area contributed by atoms with Gasteiger partial charge in [-0.2, -0.15) is 0 Å². The molecule has 1 aliphatic rings. The van der Waals surface area contributed by atoms with Crippen molar-refractivity contribution in [1.29, 1.82) is 0 Å². The van der Waals surface area contributed by atoms with Crippen molar-refractivity contribution < 1.29 is 4.79 Å². The molecular weight excluding hydrogens is 274 g/mol. The van der Waals surface area contributed by atoms with Crippen molar-refractivity contribution in [2.75, 3.05) is 13.1 Å². The number of amides is 1. The topological polar surface area (TPSA) is 46.1 Å². The number of hydrogen-bond acceptors (Lipinski definition) is 3. The highest BCUT2D eigenvalue weighted by Crippen LogP contribution is 2.24. The first kappa shape index (κ1) is 15.2. The number of aromatic nitrogens is 2. The summed E-state index contributed by atoms with van der Waals surface area (Å²) in [6.45, 7) is 9.92. The van der Waals surface area contributed by atoms with E-state index < -0.39 is 0 Å². The van der Waals surface area contributed by atoms with Gasteiger partial charge in [-0.1, -0.05) is 39.3 Å². The summed E-state index contributed by atoms with van der Waals surface area (Å²) >= 11 is 6.12. The molecule has 0 saturated carbocycles. The summed E-state index contributed by atoms with van der Waals surface area (Å²) in [7, 11) is 0. The summed E-state index contributed by atoms with van der Waals surface area (Å²) in [6.07, 6.45) is 2.70. The highest BCUT2D eigenvalue weighted by Gasteiger charge is 2.28. The highest BCUT2D eigenvalue weighted by molar-refractivity contribution is 6.33. The van der Waals surface area contributed by atoms with Crippen LogP contribution in [-0.4, -0.2) is 33.9 Å². The molecular formula is C15H22ClN3O. The van der Waals surface area contributed by atoms with Gasteiger partial charge >= 0.3 is 0 Å². The zero-order valence-electron chi connectivity index (χ0n) is 12.6. The normalized spacial score (nSPS) is 23.2. The zero-order chi connectivity index (χ0) is 14.9. The molecule has 1 aromatic rings. The molecule has 2 unspecified atom stereocenters. The third-order valence-electron chi connectivity index (χ3n) is 3.64. The molecule has 2 rings (SSSR count). The lowest BCUT2D eigenvalue weighted by atomic mass is 9.92. The summed E-state index contributed by atoms with van der Waals surface area (Å²) in [5.41, 5.74) is 0.340. The smallest absolute Gasteiger partial charge is 0.274 e. The Morgan fingerprint density at radius 2 is 1.95 bits per heavy atom. The van der Waals surface area contributed by atoms with Gasteiger partial charge in [-0.05, 0) is 18.3 Å². The van der Waals surface area contributed by atoms with Gasteiger partial charge in [0.1, 0.15) is 5.82 Å². The number of hydrogen-bond donors (Lipinski definition) is 0. The Bertz CT molecular complexity index is 494. The fourth-order valence-electron chi connectivity index (χ4n) is 2.79. The van der Waals surface area contributed by atoms with E-state index in [1.54, 1.807) is 0 Å². The molecule has 0 spiro atoms.